The van der Waals surface area contributed by atoms with E-state index in [4.69, 9.17) is 27.2 Å². The van der Waals surface area contributed by atoms with Gasteiger partial charge in [0, 0.05) is 42.9 Å². The van der Waals surface area contributed by atoms with Crippen LogP contribution in [0.3, 0.4) is 0 Å². The number of hydrogen-bond acceptors (Lipinski definition) is 4. The number of ether oxygens (including phenoxy) is 1. The maximum absolute atomic E-state index is 8.95. The van der Waals surface area contributed by atoms with Crippen molar-refractivity contribution in [1.29, 1.82) is 0 Å². The lowest BCUT2D eigenvalue weighted by Gasteiger charge is -2.23. The van der Waals surface area contributed by atoms with E-state index in [1.807, 2.05) is 12.1 Å². The molecule has 0 spiro atoms. The van der Waals surface area contributed by atoms with Gasteiger partial charge < -0.3 is 15.6 Å². The van der Waals surface area contributed by atoms with Crippen LogP contribution in [0.15, 0.2) is 12.1 Å². The molecule has 2 rings (SSSR count). The van der Waals surface area contributed by atoms with Gasteiger partial charge >= 0.3 is 0 Å². The molecular weight excluding hydrogens is 252 g/mol. The van der Waals surface area contributed by atoms with Crippen LogP contribution in [0.5, 0.6) is 5.75 Å². The third-order valence-corrected chi connectivity index (χ3v) is 3.77. The number of fused-ring (bicyclic) bond motifs is 1. The van der Waals surface area contributed by atoms with Crippen molar-refractivity contribution in [2.45, 2.75) is 19.0 Å². The van der Waals surface area contributed by atoms with Crippen LogP contribution < -0.4 is 10.5 Å². The van der Waals surface area contributed by atoms with Crippen molar-refractivity contribution in [3.05, 3.63) is 28.3 Å². The largest absolute Gasteiger partial charge is 0.496 e. The van der Waals surface area contributed by atoms with Crippen molar-refractivity contribution in [3.8, 4) is 5.75 Å². The molecule has 1 heterocycles. The second-order valence-corrected chi connectivity index (χ2v) is 4.85. The number of hydrogen-bond donors (Lipinski definition) is 2. The van der Waals surface area contributed by atoms with Gasteiger partial charge in [-0.15, -0.1) is 0 Å². The molecule has 4 nitrogen and oxygen atoms in total. The molecule has 5 heteroatoms. The highest BCUT2D eigenvalue weighted by atomic mass is 35.5. The van der Waals surface area contributed by atoms with E-state index in [-0.39, 0.29) is 12.6 Å². The zero-order valence-corrected chi connectivity index (χ0v) is 11.3. The molecule has 1 aromatic rings. The lowest BCUT2D eigenvalue weighted by atomic mass is 10.0. The smallest absolute Gasteiger partial charge is 0.123 e. The summed E-state index contributed by atoms with van der Waals surface area (Å²) in [5, 5.41) is 9.69. The summed E-state index contributed by atoms with van der Waals surface area (Å²) in [6, 6.07) is 3.87. The van der Waals surface area contributed by atoms with E-state index in [0.29, 0.717) is 6.54 Å². The van der Waals surface area contributed by atoms with E-state index < -0.39 is 0 Å². The number of benzene rings is 1. The van der Waals surface area contributed by atoms with Crippen molar-refractivity contribution in [2.75, 3.05) is 26.8 Å². The first-order chi connectivity index (χ1) is 8.72. The fourth-order valence-electron chi connectivity index (χ4n) is 2.60. The average molecular weight is 271 g/mol. The summed E-state index contributed by atoms with van der Waals surface area (Å²) in [5.74, 6) is 0.861. The minimum absolute atomic E-state index is 0.120. The molecule has 100 valence electrons. The molecule has 0 bridgehead atoms. The van der Waals surface area contributed by atoms with Crippen molar-refractivity contribution in [2.24, 2.45) is 5.73 Å². The van der Waals surface area contributed by atoms with Crippen LogP contribution in [0.25, 0.3) is 0 Å². The fraction of sp³-hybridized carbons (Fsp3) is 0.538. The van der Waals surface area contributed by atoms with E-state index >= 15 is 0 Å². The minimum Gasteiger partial charge on any atom is -0.496 e. The van der Waals surface area contributed by atoms with Crippen LogP contribution in [-0.4, -0.2) is 36.8 Å². The maximum Gasteiger partial charge on any atom is 0.123 e. The fourth-order valence-corrected chi connectivity index (χ4v) is 2.91. The van der Waals surface area contributed by atoms with Crippen LogP contribution in [0.4, 0.5) is 0 Å². The summed E-state index contributed by atoms with van der Waals surface area (Å²) >= 11 is 6.28. The summed E-state index contributed by atoms with van der Waals surface area (Å²) in [6.45, 7) is 2.30. The highest BCUT2D eigenvalue weighted by molar-refractivity contribution is 6.31. The Morgan fingerprint density at radius 1 is 1.56 bits per heavy atom. The predicted molar refractivity (Wildman–Crippen MR) is 71.9 cm³/mol. The molecule has 1 aromatic carbocycles. The normalized spacial score (nSPS) is 19.0. The van der Waals surface area contributed by atoms with Gasteiger partial charge in [-0.25, -0.2) is 0 Å². The quantitative estimate of drug-likeness (QED) is 0.852. The van der Waals surface area contributed by atoms with Gasteiger partial charge in [0.1, 0.15) is 5.75 Å². The molecule has 1 aliphatic rings. The van der Waals surface area contributed by atoms with Crippen molar-refractivity contribution in [1.82, 2.24) is 4.90 Å². The Bertz CT molecular complexity index is 426. The van der Waals surface area contributed by atoms with E-state index in [1.54, 1.807) is 7.11 Å². The number of nitrogens with two attached hydrogens (primary N) is 1. The van der Waals surface area contributed by atoms with Gasteiger partial charge in [0.2, 0.25) is 0 Å². The zero-order valence-electron chi connectivity index (χ0n) is 10.5. The number of aliphatic hydroxyl groups excluding tert-OH is 1. The molecule has 0 amide bonds. The third-order valence-electron chi connectivity index (χ3n) is 3.44. The first-order valence-corrected chi connectivity index (χ1v) is 6.51. The van der Waals surface area contributed by atoms with Gasteiger partial charge in [-0.3, -0.25) is 4.90 Å². The van der Waals surface area contributed by atoms with Crippen molar-refractivity contribution < 1.29 is 9.84 Å². The van der Waals surface area contributed by atoms with Crippen molar-refractivity contribution >= 4 is 11.6 Å². The SMILES string of the molecule is COc1ccc(Cl)c2c1CN(CCCO)C2CN. The Balaban J connectivity index is 2.34. The summed E-state index contributed by atoms with van der Waals surface area (Å²) in [4.78, 5) is 2.25. The molecule has 3 N–H and O–H groups in total. The van der Waals surface area contributed by atoms with E-state index in [1.165, 1.54) is 0 Å². The summed E-state index contributed by atoms with van der Waals surface area (Å²) in [7, 11) is 1.66. The van der Waals surface area contributed by atoms with Gasteiger partial charge in [-0.05, 0) is 24.1 Å². The lowest BCUT2D eigenvalue weighted by Crippen LogP contribution is -2.29. The Morgan fingerprint density at radius 3 is 2.94 bits per heavy atom. The van der Waals surface area contributed by atoms with E-state index in [2.05, 4.69) is 4.90 Å². The van der Waals surface area contributed by atoms with Gasteiger partial charge in [0.05, 0.1) is 7.11 Å². The monoisotopic (exact) mass is 270 g/mol. The highest BCUT2D eigenvalue weighted by Crippen LogP contribution is 2.42. The summed E-state index contributed by atoms with van der Waals surface area (Å²) < 4.78 is 5.38. The van der Waals surface area contributed by atoms with Crippen LogP contribution in [-0.2, 0) is 6.54 Å². The van der Waals surface area contributed by atoms with E-state index in [0.717, 1.165) is 41.4 Å². The number of halogens is 1. The van der Waals surface area contributed by atoms with Crippen LogP contribution in [0.1, 0.15) is 23.6 Å². The number of nitrogens with zero attached hydrogens (tertiary/aromatic N) is 1. The van der Waals surface area contributed by atoms with Gasteiger partial charge in [0.25, 0.3) is 0 Å². The molecule has 0 saturated heterocycles. The third kappa shape index (κ3) is 2.34. The molecule has 0 fully saturated rings. The molecule has 0 aliphatic carbocycles. The molecule has 1 unspecified atom stereocenters. The van der Waals surface area contributed by atoms with Crippen LogP contribution >= 0.6 is 11.6 Å². The Morgan fingerprint density at radius 2 is 2.33 bits per heavy atom. The standard InChI is InChI=1S/C13H19ClN2O2/c1-18-12-4-3-10(14)13-9(12)8-16(5-2-6-17)11(13)7-15/h3-4,11,17H,2,5-8,15H2,1H3. The molecule has 18 heavy (non-hydrogen) atoms. The molecule has 1 aliphatic heterocycles. The second-order valence-electron chi connectivity index (χ2n) is 4.44. The van der Waals surface area contributed by atoms with Crippen LogP contribution in [0.2, 0.25) is 5.02 Å². The van der Waals surface area contributed by atoms with Crippen LogP contribution in [0, 0.1) is 0 Å². The topological polar surface area (TPSA) is 58.7 Å². The van der Waals surface area contributed by atoms with E-state index in [9.17, 15) is 0 Å². The zero-order chi connectivity index (χ0) is 13.1. The Labute approximate surface area is 112 Å². The molecule has 0 aromatic heterocycles. The minimum atomic E-state index is 0.120. The number of rotatable bonds is 5. The Kier molecular flexibility index (Phi) is 4.45. The Hall–Kier alpha value is -0.810. The summed E-state index contributed by atoms with van der Waals surface area (Å²) in [6.07, 6.45) is 0.740. The predicted octanol–water partition coefficient (Wildman–Crippen LogP) is 1.55. The number of methoxy groups -OCH3 is 1. The molecule has 0 radical (unpaired) electrons. The maximum atomic E-state index is 8.95. The molecule has 1 atom stereocenters. The lowest BCUT2D eigenvalue weighted by molar-refractivity contribution is 0.189. The van der Waals surface area contributed by atoms with Gasteiger partial charge in [-0.2, -0.15) is 0 Å². The first-order valence-electron chi connectivity index (χ1n) is 6.13. The van der Waals surface area contributed by atoms with Crippen molar-refractivity contribution in [3.63, 3.8) is 0 Å². The molecular formula is C13H19ClN2O2. The average Bonchev–Trinajstić information content (AvgIpc) is 2.76. The van der Waals surface area contributed by atoms with Gasteiger partial charge in [0.15, 0.2) is 0 Å². The second kappa shape index (κ2) is 5.89. The summed E-state index contributed by atoms with van der Waals surface area (Å²) in [5.41, 5.74) is 8.07. The number of aliphatic hydroxyl groups is 1. The van der Waals surface area contributed by atoms with Gasteiger partial charge in [-0.1, -0.05) is 11.6 Å². The first kappa shape index (κ1) is 13.6. The molecule has 0 saturated carbocycles. The highest BCUT2D eigenvalue weighted by Gasteiger charge is 2.32.